The molecule has 5 rings (SSSR count). The highest BCUT2D eigenvalue weighted by Gasteiger charge is 2.31. The van der Waals surface area contributed by atoms with E-state index < -0.39 is 0 Å². The molecule has 1 atom stereocenters. The van der Waals surface area contributed by atoms with Crippen molar-refractivity contribution in [2.24, 2.45) is 0 Å². The highest BCUT2D eigenvalue weighted by Crippen LogP contribution is 2.41. The SMILES string of the molecule is CC(Sc1nnc(C2CC2)n1-c1ccccc1)C(=O)Nc1ccc2ccccc2c1. The maximum Gasteiger partial charge on any atom is 0.237 e. The van der Waals surface area contributed by atoms with Crippen LogP contribution >= 0.6 is 11.8 Å². The van der Waals surface area contributed by atoms with Crippen molar-refractivity contribution in [3.8, 4) is 5.69 Å². The Labute approximate surface area is 179 Å². The fourth-order valence-corrected chi connectivity index (χ4v) is 4.38. The van der Waals surface area contributed by atoms with Crippen molar-refractivity contribution < 1.29 is 4.79 Å². The van der Waals surface area contributed by atoms with E-state index in [1.165, 1.54) is 11.8 Å². The average Bonchev–Trinajstić information content (AvgIpc) is 3.54. The Hall–Kier alpha value is -3.12. The van der Waals surface area contributed by atoms with Crippen LogP contribution in [0.2, 0.25) is 0 Å². The van der Waals surface area contributed by atoms with Crippen LogP contribution in [0.4, 0.5) is 5.69 Å². The predicted molar refractivity (Wildman–Crippen MR) is 121 cm³/mol. The molecule has 1 heterocycles. The van der Waals surface area contributed by atoms with Crippen LogP contribution in [0.3, 0.4) is 0 Å². The number of hydrogen-bond acceptors (Lipinski definition) is 4. The molecule has 0 aliphatic heterocycles. The molecule has 6 heteroatoms. The second-order valence-electron chi connectivity index (χ2n) is 7.60. The number of aromatic nitrogens is 3. The number of benzene rings is 3. The third kappa shape index (κ3) is 3.83. The standard InChI is InChI=1S/C24H22N4OS/c1-16(23(29)25-20-14-13-17-7-5-6-8-19(17)15-20)30-24-27-26-22(18-11-12-18)28(24)21-9-3-2-4-10-21/h2-10,13-16,18H,11-12H2,1H3,(H,25,29). The molecule has 5 nitrogen and oxygen atoms in total. The molecule has 3 aromatic carbocycles. The number of nitrogens with zero attached hydrogens (tertiary/aromatic N) is 3. The highest BCUT2D eigenvalue weighted by atomic mass is 32.2. The van der Waals surface area contributed by atoms with Gasteiger partial charge in [-0.2, -0.15) is 0 Å². The van der Waals surface area contributed by atoms with Gasteiger partial charge < -0.3 is 5.32 Å². The van der Waals surface area contributed by atoms with E-state index in [2.05, 4.69) is 38.3 Å². The Morgan fingerprint density at radius 1 is 1.00 bits per heavy atom. The number of rotatable bonds is 6. The number of anilines is 1. The average molecular weight is 415 g/mol. The van der Waals surface area contributed by atoms with Crippen molar-refractivity contribution in [3.05, 3.63) is 78.6 Å². The third-order valence-corrected chi connectivity index (χ3v) is 6.33. The Kier molecular flexibility index (Phi) is 5.01. The Morgan fingerprint density at radius 3 is 2.50 bits per heavy atom. The molecule has 30 heavy (non-hydrogen) atoms. The number of nitrogens with one attached hydrogen (secondary N) is 1. The van der Waals surface area contributed by atoms with Crippen molar-refractivity contribution in [1.82, 2.24) is 14.8 Å². The summed E-state index contributed by atoms with van der Waals surface area (Å²) in [5, 5.41) is 14.6. The van der Waals surface area contributed by atoms with Crippen LogP contribution in [0.25, 0.3) is 16.5 Å². The van der Waals surface area contributed by atoms with Crippen molar-refractivity contribution in [2.45, 2.75) is 36.1 Å². The summed E-state index contributed by atoms with van der Waals surface area (Å²) in [4.78, 5) is 12.9. The minimum absolute atomic E-state index is 0.0501. The molecule has 0 radical (unpaired) electrons. The zero-order chi connectivity index (χ0) is 20.5. The largest absolute Gasteiger partial charge is 0.325 e. The van der Waals surface area contributed by atoms with Gasteiger partial charge >= 0.3 is 0 Å². The molecule has 1 N–H and O–H groups in total. The van der Waals surface area contributed by atoms with E-state index in [9.17, 15) is 4.79 Å². The first-order chi connectivity index (χ1) is 14.7. The molecule has 0 bridgehead atoms. The van der Waals surface area contributed by atoms with Gasteiger partial charge in [-0.3, -0.25) is 9.36 Å². The van der Waals surface area contributed by atoms with E-state index in [0.717, 1.165) is 46.0 Å². The minimum atomic E-state index is -0.310. The number of thioether (sulfide) groups is 1. The predicted octanol–water partition coefficient (Wildman–Crippen LogP) is 5.42. The van der Waals surface area contributed by atoms with Gasteiger partial charge in [-0.1, -0.05) is 60.3 Å². The number of para-hydroxylation sites is 1. The first-order valence-corrected chi connectivity index (χ1v) is 11.0. The van der Waals surface area contributed by atoms with Crippen LogP contribution < -0.4 is 5.32 Å². The fourth-order valence-electron chi connectivity index (χ4n) is 3.51. The minimum Gasteiger partial charge on any atom is -0.325 e. The van der Waals surface area contributed by atoms with Gasteiger partial charge in [0.2, 0.25) is 5.91 Å². The van der Waals surface area contributed by atoms with E-state index >= 15 is 0 Å². The molecule has 1 saturated carbocycles. The molecular formula is C24H22N4OS. The first kappa shape index (κ1) is 18.9. The molecule has 0 saturated heterocycles. The molecule has 1 fully saturated rings. The fraction of sp³-hybridized carbons (Fsp3) is 0.208. The van der Waals surface area contributed by atoms with Gasteiger partial charge in [0.15, 0.2) is 5.16 Å². The normalized spacial score (nSPS) is 14.6. The third-order valence-electron chi connectivity index (χ3n) is 5.28. The van der Waals surface area contributed by atoms with Gasteiger partial charge in [0.25, 0.3) is 0 Å². The smallest absolute Gasteiger partial charge is 0.237 e. The molecule has 4 aromatic rings. The number of carbonyl (C=O) groups is 1. The van der Waals surface area contributed by atoms with E-state index in [4.69, 9.17) is 0 Å². The maximum atomic E-state index is 12.9. The Morgan fingerprint density at radius 2 is 1.73 bits per heavy atom. The summed E-state index contributed by atoms with van der Waals surface area (Å²) in [6.07, 6.45) is 2.29. The lowest BCUT2D eigenvalue weighted by Gasteiger charge is -2.14. The summed E-state index contributed by atoms with van der Waals surface area (Å²) in [7, 11) is 0. The van der Waals surface area contributed by atoms with Crippen LogP contribution in [0.15, 0.2) is 78.0 Å². The lowest BCUT2D eigenvalue weighted by Crippen LogP contribution is -2.23. The second-order valence-corrected chi connectivity index (χ2v) is 8.91. The topological polar surface area (TPSA) is 59.8 Å². The Balaban J connectivity index is 1.36. The summed E-state index contributed by atoms with van der Waals surface area (Å²) in [6.45, 7) is 1.90. The van der Waals surface area contributed by atoms with Gasteiger partial charge in [0.05, 0.1) is 5.25 Å². The highest BCUT2D eigenvalue weighted by molar-refractivity contribution is 8.00. The maximum absolute atomic E-state index is 12.9. The van der Waals surface area contributed by atoms with Crippen molar-refractivity contribution in [2.75, 3.05) is 5.32 Å². The van der Waals surface area contributed by atoms with Crippen molar-refractivity contribution in [1.29, 1.82) is 0 Å². The van der Waals surface area contributed by atoms with Crippen LogP contribution in [-0.4, -0.2) is 25.9 Å². The summed E-state index contributed by atoms with van der Waals surface area (Å²) in [5.41, 5.74) is 1.84. The summed E-state index contributed by atoms with van der Waals surface area (Å²) >= 11 is 1.44. The van der Waals surface area contributed by atoms with Gasteiger partial charge in [-0.15, -0.1) is 10.2 Å². The zero-order valence-electron chi connectivity index (χ0n) is 16.7. The lowest BCUT2D eigenvalue weighted by molar-refractivity contribution is -0.115. The van der Waals surface area contributed by atoms with E-state index in [0.29, 0.717) is 5.92 Å². The molecule has 1 unspecified atom stereocenters. The van der Waals surface area contributed by atoms with E-state index in [-0.39, 0.29) is 11.2 Å². The van der Waals surface area contributed by atoms with Crippen LogP contribution in [0.1, 0.15) is 31.5 Å². The number of carbonyl (C=O) groups excluding carboxylic acids is 1. The van der Waals surface area contributed by atoms with Crippen LogP contribution in [0.5, 0.6) is 0 Å². The Bertz CT molecular complexity index is 1200. The zero-order valence-corrected chi connectivity index (χ0v) is 17.5. The second kappa shape index (κ2) is 7.95. The van der Waals surface area contributed by atoms with Crippen molar-refractivity contribution in [3.63, 3.8) is 0 Å². The molecule has 1 aromatic heterocycles. The lowest BCUT2D eigenvalue weighted by atomic mass is 10.1. The first-order valence-electron chi connectivity index (χ1n) is 10.2. The molecule has 0 spiro atoms. The van der Waals surface area contributed by atoms with E-state index in [1.54, 1.807) is 0 Å². The van der Waals surface area contributed by atoms with Gasteiger partial charge in [0.1, 0.15) is 5.82 Å². The van der Waals surface area contributed by atoms with Crippen molar-refractivity contribution >= 4 is 34.1 Å². The summed E-state index contributed by atoms with van der Waals surface area (Å²) < 4.78 is 2.10. The van der Waals surface area contributed by atoms with Gasteiger partial charge in [0, 0.05) is 17.3 Å². The molecule has 150 valence electrons. The van der Waals surface area contributed by atoms with Gasteiger partial charge in [-0.05, 0) is 54.8 Å². The number of hydrogen-bond donors (Lipinski definition) is 1. The van der Waals surface area contributed by atoms with Gasteiger partial charge in [-0.25, -0.2) is 0 Å². The summed E-state index contributed by atoms with van der Waals surface area (Å²) in [6, 6.07) is 24.2. The molecule has 1 aliphatic carbocycles. The van der Waals surface area contributed by atoms with Crippen LogP contribution in [-0.2, 0) is 4.79 Å². The summed E-state index contributed by atoms with van der Waals surface area (Å²) in [5.74, 6) is 1.41. The van der Waals surface area contributed by atoms with Crippen LogP contribution in [0, 0.1) is 0 Å². The molecule has 1 amide bonds. The quantitative estimate of drug-likeness (QED) is 0.428. The van der Waals surface area contributed by atoms with E-state index in [1.807, 2.05) is 61.5 Å². The number of fused-ring (bicyclic) bond motifs is 1. The molecular weight excluding hydrogens is 392 g/mol. The monoisotopic (exact) mass is 414 g/mol. The number of amides is 1. The molecule has 1 aliphatic rings.